The monoisotopic (exact) mass is 233 g/mol. The van der Waals surface area contributed by atoms with Gasteiger partial charge in [0.25, 0.3) is 0 Å². The molecule has 0 amide bonds. The first-order valence-corrected chi connectivity index (χ1v) is 5.61. The molecule has 0 saturated carbocycles. The quantitative estimate of drug-likeness (QED) is 0.581. The molecule has 5 heteroatoms. The van der Waals surface area contributed by atoms with E-state index in [1.807, 2.05) is 13.8 Å². The molecular weight excluding hydrogens is 210 g/mol. The lowest BCUT2D eigenvalue weighted by Crippen LogP contribution is -2.44. The normalized spacial score (nSPS) is 16.8. The van der Waals surface area contributed by atoms with Crippen molar-refractivity contribution in [2.24, 2.45) is 5.73 Å². The van der Waals surface area contributed by atoms with Gasteiger partial charge in [0, 0.05) is 13.2 Å². The van der Waals surface area contributed by atoms with Gasteiger partial charge < -0.3 is 20.3 Å². The Morgan fingerprint density at radius 3 is 2.69 bits per heavy atom. The fourth-order valence-electron chi connectivity index (χ4n) is 1.16. The summed E-state index contributed by atoms with van der Waals surface area (Å²) < 4.78 is 10.6. The van der Waals surface area contributed by atoms with Gasteiger partial charge in [-0.2, -0.15) is 0 Å². The highest BCUT2D eigenvalue weighted by atomic mass is 16.5. The van der Waals surface area contributed by atoms with Crippen molar-refractivity contribution in [1.82, 2.24) is 0 Å². The molecule has 0 spiro atoms. The van der Waals surface area contributed by atoms with Crippen LogP contribution < -0.4 is 5.73 Å². The SMILES string of the molecule is CCOCC(C)OCCCC(C)(N)C(=O)O. The Kier molecular flexibility index (Phi) is 7.29. The Hall–Kier alpha value is -0.650. The third-order valence-electron chi connectivity index (χ3n) is 2.29. The van der Waals surface area contributed by atoms with Crippen LogP contribution in [0.4, 0.5) is 0 Å². The minimum Gasteiger partial charge on any atom is -0.480 e. The van der Waals surface area contributed by atoms with Gasteiger partial charge >= 0.3 is 5.97 Å². The summed E-state index contributed by atoms with van der Waals surface area (Å²) in [5.74, 6) is -0.977. The van der Waals surface area contributed by atoms with Gasteiger partial charge in [-0.15, -0.1) is 0 Å². The molecule has 3 N–H and O–H groups in total. The van der Waals surface area contributed by atoms with E-state index >= 15 is 0 Å². The summed E-state index contributed by atoms with van der Waals surface area (Å²) in [5.41, 5.74) is 4.42. The number of carboxylic acids is 1. The number of rotatable bonds is 9. The Morgan fingerprint density at radius 2 is 2.19 bits per heavy atom. The second kappa shape index (κ2) is 7.60. The second-order valence-electron chi connectivity index (χ2n) is 4.17. The molecule has 2 atom stereocenters. The molecule has 2 unspecified atom stereocenters. The van der Waals surface area contributed by atoms with E-state index in [0.717, 1.165) is 0 Å². The van der Waals surface area contributed by atoms with Crippen molar-refractivity contribution in [2.75, 3.05) is 19.8 Å². The number of hydrogen-bond donors (Lipinski definition) is 2. The molecule has 96 valence electrons. The molecule has 0 radical (unpaired) electrons. The van der Waals surface area contributed by atoms with Crippen molar-refractivity contribution in [3.63, 3.8) is 0 Å². The maximum Gasteiger partial charge on any atom is 0.323 e. The molecule has 0 aromatic carbocycles. The summed E-state index contributed by atoms with van der Waals surface area (Å²) in [6.07, 6.45) is 1.08. The largest absolute Gasteiger partial charge is 0.480 e. The molecular formula is C11H23NO4. The first-order valence-electron chi connectivity index (χ1n) is 5.61. The lowest BCUT2D eigenvalue weighted by Gasteiger charge is -2.19. The maximum atomic E-state index is 10.7. The van der Waals surface area contributed by atoms with Crippen LogP contribution in [0, 0.1) is 0 Å². The van der Waals surface area contributed by atoms with Crippen molar-refractivity contribution in [3.8, 4) is 0 Å². The van der Waals surface area contributed by atoms with Crippen molar-refractivity contribution in [3.05, 3.63) is 0 Å². The van der Waals surface area contributed by atoms with Gasteiger partial charge in [0.1, 0.15) is 5.54 Å². The van der Waals surface area contributed by atoms with E-state index in [2.05, 4.69) is 0 Å². The Labute approximate surface area is 96.9 Å². The number of carbonyl (C=O) groups is 1. The summed E-state index contributed by atoms with van der Waals surface area (Å²) in [6.45, 7) is 7.12. The van der Waals surface area contributed by atoms with Crippen molar-refractivity contribution in [1.29, 1.82) is 0 Å². The molecule has 0 aliphatic heterocycles. The average Bonchev–Trinajstić information content (AvgIpc) is 2.21. The number of nitrogens with two attached hydrogens (primary N) is 1. The van der Waals surface area contributed by atoms with Gasteiger partial charge in [-0.1, -0.05) is 0 Å². The predicted octanol–water partition coefficient (Wildman–Crippen LogP) is 1.01. The van der Waals surface area contributed by atoms with Crippen LogP contribution in [0.15, 0.2) is 0 Å². The molecule has 0 aliphatic rings. The third-order valence-corrected chi connectivity index (χ3v) is 2.29. The lowest BCUT2D eigenvalue weighted by atomic mass is 9.98. The zero-order chi connectivity index (χ0) is 12.6. The van der Waals surface area contributed by atoms with E-state index in [4.69, 9.17) is 20.3 Å². The fourth-order valence-corrected chi connectivity index (χ4v) is 1.16. The zero-order valence-electron chi connectivity index (χ0n) is 10.4. The summed E-state index contributed by atoms with van der Waals surface area (Å²) in [6, 6.07) is 0. The van der Waals surface area contributed by atoms with Crippen molar-refractivity contribution in [2.45, 2.75) is 45.3 Å². The zero-order valence-corrected chi connectivity index (χ0v) is 10.4. The Bertz CT molecular complexity index is 206. The highest BCUT2D eigenvalue weighted by Crippen LogP contribution is 2.09. The topological polar surface area (TPSA) is 81.8 Å². The van der Waals surface area contributed by atoms with Gasteiger partial charge in [0.05, 0.1) is 12.7 Å². The summed E-state index contributed by atoms with van der Waals surface area (Å²) in [5, 5.41) is 8.78. The van der Waals surface area contributed by atoms with Crippen LogP contribution in [0.1, 0.15) is 33.6 Å². The van der Waals surface area contributed by atoms with Crippen LogP contribution in [0.3, 0.4) is 0 Å². The van der Waals surface area contributed by atoms with Crippen LogP contribution >= 0.6 is 0 Å². The molecule has 16 heavy (non-hydrogen) atoms. The number of aliphatic carboxylic acids is 1. The van der Waals surface area contributed by atoms with Crippen molar-refractivity contribution < 1.29 is 19.4 Å². The van der Waals surface area contributed by atoms with E-state index in [-0.39, 0.29) is 6.10 Å². The van der Waals surface area contributed by atoms with E-state index < -0.39 is 11.5 Å². The van der Waals surface area contributed by atoms with Gasteiger partial charge in [-0.3, -0.25) is 4.79 Å². The fraction of sp³-hybridized carbons (Fsp3) is 0.909. The standard InChI is InChI=1S/C11H23NO4/c1-4-15-8-9(2)16-7-5-6-11(3,12)10(13)14/h9H,4-8,12H2,1-3H3,(H,13,14). The molecule has 0 fully saturated rings. The van der Waals surface area contributed by atoms with Crippen molar-refractivity contribution >= 4 is 5.97 Å². The van der Waals surface area contributed by atoms with Crippen LogP contribution in [0.25, 0.3) is 0 Å². The molecule has 0 saturated heterocycles. The highest BCUT2D eigenvalue weighted by molar-refractivity contribution is 5.77. The molecule has 0 aromatic heterocycles. The molecule has 0 aliphatic carbocycles. The summed E-state index contributed by atoms with van der Waals surface area (Å²) in [7, 11) is 0. The maximum absolute atomic E-state index is 10.7. The Balaban J connectivity index is 3.56. The predicted molar refractivity (Wildman–Crippen MR) is 61.4 cm³/mol. The molecule has 5 nitrogen and oxygen atoms in total. The molecule has 0 bridgehead atoms. The van der Waals surface area contributed by atoms with E-state index in [1.165, 1.54) is 6.92 Å². The average molecular weight is 233 g/mol. The number of carboxylic acid groups (broad SMARTS) is 1. The minimum absolute atomic E-state index is 0.0359. The van der Waals surface area contributed by atoms with E-state index in [1.54, 1.807) is 0 Å². The summed E-state index contributed by atoms with van der Waals surface area (Å²) in [4.78, 5) is 10.7. The van der Waals surface area contributed by atoms with E-state index in [9.17, 15) is 4.79 Å². The van der Waals surface area contributed by atoms with Crippen LogP contribution in [-0.4, -0.2) is 42.5 Å². The van der Waals surface area contributed by atoms with Crippen LogP contribution in [0.2, 0.25) is 0 Å². The molecule has 0 aromatic rings. The minimum atomic E-state index is -1.16. The first kappa shape index (κ1) is 15.3. The van der Waals surface area contributed by atoms with Gasteiger partial charge in [-0.25, -0.2) is 0 Å². The lowest BCUT2D eigenvalue weighted by molar-refractivity contribution is -0.143. The summed E-state index contributed by atoms with van der Waals surface area (Å²) >= 11 is 0. The third kappa shape index (κ3) is 6.76. The number of hydrogen-bond acceptors (Lipinski definition) is 4. The van der Waals surface area contributed by atoms with Gasteiger partial charge in [-0.05, 0) is 33.6 Å². The number of ether oxygens (including phenoxy) is 2. The Morgan fingerprint density at radius 1 is 1.56 bits per heavy atom. The smallest absolute Gasteiger partial charge is 0.323 e. The van der Waals surface area contributed by atoms with Crippen LogP contribution in [-0.2, 0) is 14.3 Å². The van der Waals surface area contributed by atoms with Crippen LogP contribution in [0.5, 0.6) is 0 Å². The second-order valence-corrected chi connectivity index (χ2v) is 4.17. The van der Waals surface area contributed by atoms with Gasteiger partial charge in [0.2, 0.25) is 0 Å². The highest BCUT2D eigenvalue weighted by Gasteiger charge is 2.26. The first-order chi connectivity index (χ1) is 7.40. The molecule has 0 rings (SSSR count). The van der Waals surface area contributed by atoms with E-state index in [0.29, 0.717) is 32.7 Å². The molecule has 0 heterocycles. The van der Waals surface area contributed by atoms with Gasteiger partial charge in [0.15, 0.2) is 0 Å².